The molecule has 0 atom stereocenters. The van der Waals surface area contributed by atoms with Gasteiger partial charge in [0.15, 0.2) is 0 Å². The quantitative estimate of drug-likeness (QED) is 0.712. The number of anilines is 2. The normalized spacial score (nSPS) is 10.9. The van der Waals surface area contributed by atoms with Gasteiger partial charge in [-0.1, -0.05) is 6.07 Å². The van der Waals surface area contributed by atoms with Crippen LogP contribution in [0, 0.1) is 0 Å². The lowest BCUT2D eigenvalue weighted by Crippen LogP contribution is -2.43. The van der Waals surface area contributed by atoms with E-state index in [0.717, 1.165) is 0 Å². The second-order valence-electron chi connectivity index (χ2n) is 4.60. The minimum absolute atomic E-state index is 0.0725. The fraction of sp³-hybridized carbons (Fsp3) is 0.455. The van der Waals surface area contributed by atoms with Crippen molar-refractivity contribution in [1.82, 2.24) is 10.3 Å². The molecule has 0 saturated carbocycles. The molecule has 0 fully saturated rings. The molecule has 1 rings (SSSR count). The Morgan fingerprint density at radius 1 is 1.44 bits per heavy atom. The summed E-state index contributed by atoms with van der Waals surface area (Å²) in [7, 11) is 0. The standard InChI is InChI=1S/C11H18N4O/c1-11(2,3)15-10(16)7-13-9-6-4-5-8(12)14-9/h4-6H,7H2,1-3H3,(H,15,16)(H3,12,13,14). The highest BCUT2D eigenvalue weighted by Crippen LogP contribution is 2.05. The van der Waals surface area contributed by atoms with E-state index in [9.17, 15) is 4.79 Å². The van der Waals surface area contributed by atoms with Crippen molar-refractivity contribution in [1.29, 1.82) is 0 Å². The summed E-state index contributed by atoms with van der Waals surface area (Å²) in [5, 5.41) is 5.75. The van der Waals surface area contributed by atoms with Gasteiger partial charge < -0.3 is 16.4 Å². The molecule has 0 bridgehead atoms. The predicted octanol–water partition coefficient (Wildman–Crippen LogP) is 0.990. The number of nitrogens with zero attached hydrogens (tertiary/aromatic N) is 1. The molecule has 0 saturated heterocycles. The number of rotatable bonds is 3. The van der Waals surface area contributed by atoms with E-state index in [1.54, 1.807) is 18.2 Å². The average molecular weight is 222 g/mol. The Morgan fingerprint density at radius 2 is 2.12 bits per heavy atom. The van der Waals surface area contributed by atoms with Gasteiger partial charge in [-0.25, -0.2) is 4.98 Å². The summed E-state index contributed by atoms with van der Waals surface area (Å²) < 4.78 is 0. The highest BCUT2D eigenvalue weighted by Gasteiger charge is 2.13. The van der Waals surface area contributed by atoms with E-state index in [1.165, 1.54) is 0 Å². The summed E-state index contributed by atoms with van der Waals surface area (Å²) in [5.74, 6) is 0.960. The van der Waals surface area contributed by atoms with E-state index in [2.05, 4.69) is 15.6 Å². The van der Waals surface area contributed by atoms with Gasteiger partial charge in [0.2, 0.25) is 5.91 Å². The lowest BCUT2D eigenvalue weighted by Gasteiger charge is -2.20. The Bertz CT molecular complexity index is 370. The summed E-state index contributed by atoms with van der Waals surface area (Å²) >= 11 is 0. The second-order valence-corrected chi connectivity index (χ2v) is 4.60. The SMILES string of the molecule is CC(C)(C)NC(=O)CNc1cccc(N)n1. The first kappa shape index (κ1) is 12.3. The molecule has 1 amide bonds. The van der Waals surface area contributed by atoms with Crippen molar-refractivity contribution in [2.75, 3.05) is 17.6 Å². The first-order valence-corrected chi connectivity index (χ1v) is 5.14. The van der Waals surface area contributed by atoms with Gasteiger partial charge in [0.05, 0.1) is 6.54 Å². The maximum atomic E-state index is 11.5. The van der Waals surface area contributed by atoms with Crippen LogP contribution in [-0.4, -0.2) is 23.0 Å². The van der Waals surface area contributed by atoms with E-state index in [0.29, 0.717) is 11.6 Å². The third-order valence-corrected chi connectivity index (χ3v) is 1.72. The van der Waals surface area contributed by atoms with Gasteiger partial charge in [-0.2, -0.15) is 0 Å². The number of pyridine rings is 1. The molecular formula is C11H18N4O. The van der Waals surface area contributed by atoms with E-state index in [1.807, 2.05) is 20.8 Å². The fourth-order valence-electron chi connectivity index (χ4n) is 1.18. The molecule has 4 N–H and O–H groups in total. The molecular weight excluding hydrogens is 204 g/mol. The number of carbonyl (C=O) groups is 1. The maximum Gasteiger partial charge on any atom is 0.239 e. The summed E-state index contributed by atoms with van der Waals surface area (Å²) in [4.78, 5) is 15.5. The minimum atomic E-state index is -0.220. The van der Waals surface area contributed by atoms with Gasteiger partial charge in [-0.05, 0) is 32.9 Å². The van der Waals surface area contributed by atoms with Crippen molar-refractivity contribution >= 4 is 17.5 Å². The van der Waals surface area contributed by atoms with E-state index < -0.39 is 0 Å². The van der Waals surface area contributed by atoms with Crippen LogP contribution in [0.4, 0.5) is 11.6 Å². The van der Waals surface area contributed by atoms with Gasteiger partial charge in [0, 0.05) is 5.54 Å². The third kappa shape index (κ3) is 4.63. The highest BCUT2D eigenvalue weighted by molar-refractivity contribution is 5.81. The van der Waals surface area contributed by atoms with Crippen LogP contribution in [0.3, 0.4) is 0 Å². The molecule has 16 heavy (non-hydrogen) atoms. The number of hydrogen-bond acceptors (Lipinski definition) is 4. The van der Waals surface area contributed by atoms with E-state index in [4.69, 9.17) is 5.73 Å². The van der Waals surface area contributed by atoms with E-state index in [-0.39, 0.29) is 18.0 Å². The number of nitrogen functional groups attached to an aromatic ring is 1. The topological polar surface area (TPSA) is 80.0 Å². The van der Waals surface area contributed by atoms with Crippen molar-refractivity contribution in [2.45, 2.75) is 26.3 Å². The molecule has 0 aromatic carbocycles. The Hall–Kier alpha value is -1.78. The zero-order valence-electron chi connectivity index (χ0n) is 9.87. The summed E-state index contributed by atoms with van der Waals surface area (Å²) in [5.41, 5.74) is 5.29. The molecule has 0 aliphatic carbocycles. The molecule has 0 aliphatic heterocycles. The Kier molecular flexibility index (Phi) is 3.71. The number of nitrogens with two attached hydrogens (primary N) is 1. The van der Waals surface area contributed by atoms with Crippen molar-refractivity contribution in [2.24, 2.45) is 0 Å². The van der Waals surface area contributed by atoms with E-state index >= 15 is 0 Å². The number of hydrogen-bond donors (Lipinski definition) is 3. The number of carbonyl (C=O) groups excluding carboxylic acids is 1. The smallest absolute Gasteiger partial charge is 0.239 e. The number of nitrogens with one attached hydrogen (secondary N) is 2. The number of amides is 1. The van der Waals surface area contributed by atoms with Gasteiger partial charge in [0.1, 0.15) is 11.6 Å². The molecule has 0 spiro atoms. The molecule has 1 heterocycles. The first-order chi connectivity index (χ1) is 7.37. The molecule has 88 valence electrons. The van der Waals surface area contributed by atoms with Gasteiger partial charge in [-0.3, -0.25) is 4.79 Å². The van der Waals surface area contributed by atoms with Crippen LogP contribution in [0.25, 0.3) is 0 Å². The highest BCUT2D eigenvalue weighted by atomic mass is 16.2. The van der Waals surface area contributed by atoms with Crippen LogP contribution in [0.15, 0.2) is 18.2 Å². The average Bonchev–Trinajstić information content (AvgIpc) is 2.12. The van der Waals surface area contributed by atoms with Crippen LogP contribution in [0.5, 0.6) is 0 Å². The summed E-state index contributed by atoms with van der Waals surface area (Å²) in [6.45, 7) is 5.99. The van der Waals surface area contributed by atoms with Crippen molar-refractivity contribution in [3.63, 3.8) is 0 Å². The van der Waals surface area contributed by atoms with Crippen LogP contribution in [0.1, 0.15) is 20.8 Å². The van der Waals surface area contributed by atoms with Crippen molar-refractivity contribution < 1.29 is 4.79 Å². The maximum absolute atomic E-state index is 11.5. The molecule has 5 heteroatoms. The summed E-state index contributed by atoms with van der Waals surface area (Å²) in [6.07, 6.45) is 0. The molecule has 1 aromatic rings. The molecule has 1 aromatic heterocycles. The molecule has 5 nitrogen and oxygen atoms in total. The molecule has 0 aliphatic rings. The number of aromatic nitrogens is 1. The summed E-state index contributed by atoms with van der Waals surface area (Å²) in [6, 6.07) is 5.24. The fourth-order valence-corrected chi connectivity index (χ4v) is 1.18. The Balaban J connectivity index is 2.43. The third-order valence-electron chi connectivity index (χ3n) is 1.72. The van der Waals surface area contributed by atoms with Crippen LogP contribution >= 0.6 is 0 Å². The van der Waals surface area contributed by atoms with Gasteiger partial charge >= 0.3 is 0 Å². The van der Waals surface area contributed by atoms with Crippen molar-refractivity contribution in [3.8, 4) is 0 Å². The lowest BCUT2D eigenvalue weighted by molar-refractivity contribution is -0.120. The van der Waals surface area contributed by atoms with Gasteiger partial charge in [0.25, 0.3) is 0 Å². The molecule has 0 radical (unpaired) electrons. The zero-order chi connectivity index (χ0) is 12.2. The molecule has 0 unspecified atom stereocenters. The zero-order valence-corrected chi connectivity index (χ0v) is 9.87. The monoisotopic (exact) mass is 222 g/mol. The minimum Gasteiger partial charge on any atom is -0.384 e. The largest absolute Gasteiger partial charge is 0.384 e. The Morgan fingerprint density at radius 3 is 2.69 bits per heavy atom. The van der Waals surface area contributed by atoms with Crippen LogP contribution in [0.2, 0.25) is 0 Å². The van der Waals surface area contributed by atoms with Crippen molar-refractivity contribution in [3.05, 3.63) is 18.2 Å². The predicted molar refractivity (Wildman–Crippen MR) is 65.0 cm³/mol. The van der Waals surface area contributed by atoms with Crippen LogP contribution < -0.4 is 16.4 Å². The lowest BCUT2D eigenvalue weighted by atomic mass is 10.1. The van der Waals surface area contributed by atoms with Crippen LogP contribution in [-0.2, 0) is 4.79 Å². The first-order valence-electron chi connectivity index (χ1n) is 5.14. The second kappa shape index (κ2) is 4.83. The van der Waals surface area contributed by atoms with Gasteiger partial charge in [-0.15, -0.1) is 0 Å². The Labute approximate surface area is 95.4 Å².